The number of rotatable bonds is 7. The van der Waals surface area contributed by atoms with Gasteiger partial charge in [-0.05, 0) is 38.3 Å². The van der Waals surface area contributed by atoms with Crippen molar-refractivity contribution in [2.75, 3.05) is 26.7 Å². The monoisotopic (exact) mass is 317 g/mol. The third-order valence-electron chi connectivity index (χ3n) is 4.61. The molecule has 1 aliphatic rings. The molecule has 4 heteroatoms. The molecule has 23 heavy (non-hydrogen) atoms. The molecule has 0 bridgehead atoms. The van der Waals surface area contributed by atoms with Crippen LogP contribution >= 0.6 is 0 Å². The van der Waals surface area contributed by atoms with Crippen LogP contribution < -0.4 is 15.0 Å². The fourth-order valence-electron chi connectivity index (χ4n) is 3.18. The average Bonchev–Trinajstić information content (AvgIpc) is 2.58. The summed E-state index contributed by atoms with van der Waals surface area (Å²) < 4.78 is 5.27. The molecule has 2 atom stereocenters. The van der Waals surface area contributed by atoms with E-state index in [1.54, 1.807) is 24.2 Å². The van der Waals surface area contributed by atoms with Gasteiger partial charge in [0.2, 0.25) is 5.91 Å². The molecule has 4 nitrogen and oxygen atoms in total. The Kier molecular flexibility index (Phi) is 7.14. The first-order valence-corrected chi connectivity index (χ1v) is 8.64. The highest BCUT2D eigenvalue weighted by molar-refractivity contribution is 5.92. The van der Waals surface area contributed by atoms with Crippen LogP contribution in [0, 0.1) is 0 Å². The molecule has 0 spiro atoms. The number of carbonyl (C=O) groups excluding carboxylic acids is 1. The molecule has 1 unspecified atom stereocenters. The molecular weight excluding hydrogens is 288 g/mol. The number of methoxy groups -OCH3 is 1. The number of carbonyl (C=O) groups is 1. The molecule has 1 saturated heterocycles. The van der Waals surface area contributed by atoms with Crippen molar-refractivity contribution in [2.45, 2.75) is 38.6 Å². The Labute approximate surface area is 139 Å². The fraction of sp³-hybridized carbons (Fsp3) is 0.526. The second kappa shape index (κ2) is 9.36. The van der Waals surface area contributed by atoms with Gasteiger partial charge in [-0.25, -0.2) is 0 Å². The summed E-state index contributed by atoms with van der Waals surface area (Å²) in [6, 6.07) is 8.44. The predicted octanol–water partition coefficient (Wildman–Crippen LogP) is 1.67. The molecule has 0 aliphatic carbocycles. The molecule has 0 aromatic heterocycles. The van der Waals surface area contributed by atoms with Crippen LogP contribution in [0.1, 0.15) is 38.2 Å². The molecular formula is C19H29N2O2+. The van der Waals surface area contributed by atoms with E-state index in [4.69, 9.17) is 4.74 Å². The molecule has 1 fully saturated rings. The normalized spacial score (nSPS) is 21.3. The highest BCUT2D eigenvalue weighted by Gasteiger charge is 2.20. The Morgan fingerprint density at radius 2 is 2.22 bits per heavy atom. The minimum absolute atomic E-state index is 0.0439. The Bertz CT molecular complexity index is 528. The zero-order chi connectivity index (χ0) is 16.5. The van der Waals surface area contributed by atoms with Crippen molar-refractivity contribution >= 4 is 12.0 Å². The molecule has 1 amide bonds. The van der Waals surface area contributed by atoms with Gasteiger partial charge in [0, 0.05) is 24.6 Å². The third kappa shape index (κ3) is 5.71. The number of nitrogens with one attached hydrogen (secondary N) is 2. The fourth-order valence-corrected chi connectivity index (χ4v) is 3.18. The number of hydrogen-bond acceptors (Lipinski definition) is 2. The van der Waals surface area contributed by atoms with Crippen LogP contribution in [-0.2, 0) is 4.79 Å². The highest BCUT2D eigenvalue weighted by atomic mass is 16.5. The first-order chi connectivity index (χ1) is 11.2. The van der Waals surface area contributed by atoms with E-state index in [-0.39, 0.29) is 5.91 Å². The lowest BCUT2D eigenvalue weighted by atomic mass is 10.0. The summed E-state index contributed by atoms with van der Waals surface area (Å²) in [6.07, 6.45) is 8.46. The van der Waals surface area contributed by atoms with Gasteiger partial charge in [-0.1, -0.05) is 18.2 Å². The smallest absolute Gasteiger partial charge is 0.244 e. The minimum atomic E-state index is -0.0439. The molecule has 1 aromatic carbocycles. The number of quaternary nitrogens is 1. The number of hydrogen-bond donors (Lipinski definition) is 2. The maximum absolute atomic E-state index is 11.9. The highest BCUT2D eigenvalue weighted by Crippen LogP contribution is 2.18. The van der Waals surface area contributed by atoms with Crippen molar-refractivity contribution in [2.24, 2.45) is 0 Å². The molecule has 1 aromatic rings. The quantitative estimate of drug-likeness (QED) is 0.593. The van der Waals surface area contributed by atoms with Crippen molar-refractivity contribution in [3.63, 3.8) is 0 Å². The number of ether oxygens (including phenoxy) is 1. The predicted molar refractivity (Wildman–Crippen MR) is 93.7 cm³/mol. The van der Waals surface area contributed by atoms with Gasteiger partial charge < -0.3 is 15.0 Å². The van der Waals surface area contributed by atoms with Gasteiger partial charge in [0.15, 0.2) is 0 Å². The maximum atomic E-state index is 11.9. The van der Waals surface area contributed by atoms with E-state index in [1.807, 2.05) is 24.3 Å². The lowest BCUT2D eigenvalue weighted by molar-refractivity contribution is -0.928. The van der Waals surface area contributed by atoms with Crippen LogP contribution in [0.15, 0.2) is 30.3 Å². The second-order valence-electron chi connectivity index (χ2n) is 6.27. The van der Waals surface area contributed by atoms with E-state index in [0.29, 0.717) is 0 Å². The lowest BCUT2D eigenvalue weighted by Gasteiger charge is -2.30. The maximum Gasteiger partial charge on any atom is 0.244 e. The van der Waals surface area contributed by atoms with Gasteiger partial charge in [-0.2, -0.15) is 0 Å². The first kappa shape index (κ1) is 17.5. The van der Waals surface area contributed by atoms with E-state index in [9.17, 15) is 4.79 Å². The Morgan fingerprint density at radius 1 is 1.39 bits per heavy atom. The summed E-state index contributed by atoms with van der Waals surface area (Å²) in [4.78, 5) is 13.6. The van der Waals surface area contributed by atoms with E-state index in [1.165, 1.54) is 25.8 Å². The van der Waals surface area contributed by atoms with Crippen molar-refractivity contribution in [1.29, 1.82) is 0 Å². The standard InChI is InChI=1S/C19H28N2O2/c1-16-8-5-6-14-21(16)15-7-13-20-19(22)12-11-17-9-3-4-10-18(17)23-2/h3-4,9-12,16H,5-8,13-15H2,1-2H3,(H,20,22)/p+1/b12-11+/t16-/m0/s1. The zero-order valence-electron chi connectivity index (χ0n) is 14.3. The van der Waals surface area contributed by atoms with E-state index in [2.05, 4.69) is 12.2 Å². The van der Waals surface area contributed by atoms with Gasteiger partial charge in [-0.15, -0.1) is 0 Å². The van der Waals surface area contributed by atoms with Crippen LogP contribution in [0.5, 0.6) is 5.75 Å². The molecule has 2 rings (SSSR count). The topological polar surface area (TPSA) is 42.8 Å². The van der Waals surface area contributed by atoms with Gasteiger partial charge >= 0.3 is 0 Å². The van der Waals surface area contributed by atoms with E-state index >= 15 is 0 Å². The van der Waals surface area contributed by atoms with Gasteiger partial charge in [0.1, 0.15) is 5.75 Å². The molecule has 0 saturated carbocycles. The number of amides is 1. The third-order valence-corrected chi connectivity index (χ3v) is 4.61. The minimum Gasteiger partial charge on any atom is -0.496 e. The van der Waals surface area contributed by atoms with Crippen molar-refractivity contribution in [3.05, 3.63) is 35.9 Å². The summed E-state index contributed by atoms with van der Waals surface area (Å²) in [5, 5.41) is 2.96. The summed E-state index contributed by atoms with van der Waals surface area (Å²) in [6.45, 7) is 5.51. The molecule has 2 N–H and O–H groups in total. The average molecular weight is 317 g/mol. The SMILES string of the molecule is COc1ccccc1/C=C/C(=O)NCCC[NH+]1CCCC[C@@H]1C. The number of benzene rings is 1. The van der Waals surface area contributed by atoms with Crippen molar-refractivity contribution in [3.8, 4) is 5.75 Å². The number of likely N-dealkylation sites (tertiary alicyclic amines) is 1. The largest absolute Gasteiger partial charge is 0.496 e. The van der Waals surface area contributed by atoms with Crippen LogP contribution in [0.2, 0.25) is 0 Å². The van der Waals surface area contributed by atoms with Crippen LogP contribution in [0.4, 0.5) is 0 Å². The van der Waals surface area contributed by atoms with Gasteiger partial charge in [0.25, 0.3) is 0 Å². The van der Waals surface area contributed by atoms with Crippen LogP contribution in [0.25, 0.3) is 6.08 Å². The second-order valence-corrected chi connectivity index (χ2v) is 6.27. The van der Waals surface area contributed by atoms with Gasteiger partial charge in [-0.3, -0.25) is 4.79 Å². The molecule has 1 heterocycles. The Hall–Kier alpha value is -1.81. The zero-order valence-corrected chi connectivity index (χ0v) is 14.3. The number of para-hydroxylation sites is 1. The van der Waals surface area contributed by atoms with Crippen LogP contribution in [-0.4, -0.2) is 38.7 Å². The van der Waals surface area contributed by atoms with Gasteiger partial charge in [0.05, 0.1) is 26.2 Å². The van der Waals surface area contributed by atoms with Crippen molar-refractivity contribution < 1.29 is 14.4 Å². The number of piperidine rings is 1. The van der Waals surface area contributed by atoms with E-state index < -0.39 is 0 Å². The summed E-state index contributed by atoms with van der Waals surface area (Å²) >= 11 is 0. The molecule has 0 radical (unpaired) electrons. The Balaban J connectivity index is 1.69. The lowest BCUT2D eigenvalue weighted by Crippen LogP contribution is -3.16. The summed E-state index contributed by atoms with van der Waals surface area (Å²) in [5.41, 5.74) is 0.914. The van der Waals surface area contributed by atoms with Crippen molar-refractivity contribution in [1.82, 2.24) is 5.32 Å². The summed E-state index contributed by atoms with van der Waals surface area (Å²) in [5.74, 6) is 0.733. The molecule has 126 valence electrons. The Morgan fingerprint density at radius 3 is 3.00 bits per heavy atom. The first-order valence-electron chi connectivity index (χ1n) is 8.64. The summed E-state index contributed by atoms with van der Waals surface area (Å²) in [7, 11) is 1.64. The van der Waals surface area contributed by atoms with E-state index in [0.717, 1.165) is 36.9 Å². The molecule has 1 aliphatic heterocycles. The van der Waals surface area contributed by atoms with Crippen LogP contribution in [0.3, 0.4) is 0 Å².